The number of H-pyrrole nitrogens is 1. The Bertz CT molecular complexity index is 1670. The maximum atomic E-state index is 14.9. The predicted octanol–water partition coefficient (Wildman–Crippen LogP) is 6.58. The maximum absolute atomic E-state index is 14.9. The molecule has 2 aromatic carbocycles. The van der Waals surface area contributed by atoms with Gasteiger partial charge in [0, 0.05) is 54.3 Å². The van der Waals surface area contributed by atoms with E-state index < -0.39 is 5.82 Å². The van der Waals surface area contributed by atoms with Crippen molar-refractivity contribution in [3.05, 3.63) is 93.3 Å². The van der Waals surface area contributed by atoms with E-state index in [1.54, 1.807) is 29.2 Å². The Labute approximate surface area is 262 Å². The van der Waals surface area contributed by atoms with Crippen LogP contribution in [0.1, 0.15) is 74.1 Å². The lowest BCUT2D eigenvalue weighted by molar-refractivity contribution is 0.0741. The molecule has 3 heterocycles. The van der Waals surface area contributed by atoms with Gasteiger partial charge < -0.3 is 9.80 Å². The summed E-state index contributed by atoms with van der Waals surface area (Å²) in [7, 11) is 0. The number of hydrogen-bond donors (Lipinski definition) is 1. The van der Waals surface area contributed by atoms with E-state index in [4.69, 9.17) is 5.26 Å². The summed E-state index contributed by atoms with van der Waals surface area (Å²) in [6.07, 6.45) is 5.55. The van der Waals surface area contributed by atoms with Crippen molar-refractivity contribution in [1.82, 2.24) is 20.1 Å². The lowest BCUT2D eigenvalue weighted by Crippen LogP contribution is -2.49. The fourth-order valence-electron chi connectivity index (χ4n) is 5.08. The van der Waals surface area contributed by atoms with Crippen LogP contribution in [0.5, 0.6) is 0 Å². The van der Waals surface area contributed by atoms with Gasteiger partial charge in [0.25, 0.3) is 11.5 Å². The minimum atomic E-state index is -0.566. The van der Waals surface area contributed by atoms with Crippen molar-refractivity contribution in [2.45, 2.75) is 63.5 Å². The molecule has 10 heteroatoms. The topological polar surface area (TPSA) is 106 Å². The van der Waals surface area contributed by atoms with Crippen LogP contribution in [0.25, 0.3) is 10.8 Å². The number of nitrogens with one attached hydrogen (secondary N) is 1. The molecule has 1 saturated carbocycles. The van der Waals surface area contributed by atoms with Gasteiger partial charge in [-0.05, 0) is 60.9 Å². The van der Waals surface area contributed by atoms with Gasteiger partial charge in [0.2, 0.25) is 0 Å². The Morgan fingerprint density at radius 3 is 2.41 bits per heavy atom. The number of aromatic nitrogens is 3. The summed E-state index contributed by atoms with van der Waals surface area (Å²) in [4.78, 5) is 34.9. The lowest BCUT2D eigenvalue weighted by Gasteiger charge is -2.35. The predicted molar refractivity (Wildman–Crippen MR) is 175 cm³/mol. The molecule has 0 spiro atoms. The molecule has 2 aromatic heterocycles. The van der Waals surface area contributed by atoms with Crippen LogP contribution >= 0.6 is 11.8 Å². The third kappa shape index (κ3) is 7.45. The van der Waals surface area contributed by atoms with Crippen molar-refractivity contribution < 1.29 is 9.18 Å². The van der Waals surface area contributed by atoms with Gasteiger partial charge in [0.1, 0.15) is 17.7 Å². The van der Waals surface area contributed by atoms with E-state index in [0.29, 0.717) is 54.5 Å². The highest BCUT2D eigenvalue weighted by Crippen LogP contribution is 2.37. The fourth-order valence-corrected chi connectivity index (χ4v) is 6.36. The minimum Gasteiger partial charge on any atom is -0.353 e. The Morgan fingerprint density at radius 2 is 1.77 bits per heavy atom. The Morgan fingerprint density at radius 1 is 1.02 bits per heavy atom. The Hall–Kier alpha value is -4.23. The number of carbonyl (C=O) groups is 1. The van der Waals surface area contributed by atoms with Crippen LogP contribution in [0.2, 0.25) is 0 Å². The third-order valence-corrected chi connectivity index (χ3v) is 8.93. The molecule has 1 aliphatic carbocycles. The van der Waals surface area contributed by atoms with Gasteiger partial charge in [-0.2, -0.15) is 10.4 Å². The average molecular weight is 615 g/mol. The van der Waals surface area contributed by atoms with Gasteiger partial charge in [-0.3, -0.25) is 9.59 Å². The van der Waals surface area contributed by atoms with Crippen LogP contribution < -0.4 is 10.5 Å². The first kappa shape index (κ1) is 32.7. The SMILES string of the molecule is CC.CC.N#Cc1ccc(N2CCN(C(=O)c3cc(Cc4n[nH]c(=O)c5ccc(SC6CCC6)cc45)ccc3F)CC2)nc1. The number of nitrogens with zero attached hydrogens (tertiary/aromatic N) is 5. The number of halogens is 1. The number of amides is 1. The van der Waals surface area contributed by atoms with Crippen molar-refractivity contribution in [1.29, 1.82) is 5.26 Å². The molecule has 1 saturated heterocycles. The largest absolute Gasteiger partial charge is 0.353 e. The number of thioether (sulfide) groups is 1. The van der Waals surface area contributed by atoms with Crippen molar-refractivity contribution in [2.75, 3.05) is 31.1 Å². The van der Waals surface area contributed by atoms with Crippen molar-refractivity contribution in [2.24, 2.45) is 0 Å². The molecule has 0 unspecified atom stereocenters. The van der Waals surface area contributed by atoms with E-state index in [2.05, 4.69) is 21.3 Å². The van der Waals surface area contributed by atoms with Gasteiger partial charge >= 0.3 is 0 Å². The van der Waals surface area contributed by atoms with E-state index >= 15 is 0 Å². The number of piperazine rings is 1. The Kier molecular flexibility index (Phi) is 11.5. The van der Waals surface area contributed by atoms with Crippen LogP contribution in [0.3, 0.4) is 0 Å². The number of fused-ring (bicyclic) bond motifs is 1. The quantitative estimate of drug-likeness (QED) is 0.262. The highest BCUT2D eigenvalue weighted by atomic mass is 32.2. The van der Waals surface area contributed by atoms with Crippen LogP contribution in [-0.2, 0) is 6.42 Å². The molecular formula is C34H39FN6O2S. The standard InChI is InChI=1S/C30H27FN6O2S.2C2H6/c31-26-8-4-19(15-27-24-16-22(40-21-2-1-3-21)6-7-23(24)29(38)35-34-27)14-25(26)30(39)37-12-10-36(11-13-37)28-9-5-20(17-32)18-33-28;2*1-2/h4-9,14,16,18,21H,1-3,10-13,15H2,(H,35,38);2*1-2H3. The molecule has 6 rings (SSSR count). The van der Waals surface area contributed by atoms with Crippen molar-refractivity contribution in [3.8, 4) is 6.07 Å². The second-order valence-electron chi connectivity index (χ2n) is 10.2. The van der Waals surface area contributed by atoms with Crippen LogP contribution in [0.15, 0.2) is 64.4 Å². The number of nitriles is 1. The summed E-state index contributed by atoms with van der Waals surface area (Å²) >= 11 is 1.83. The fraction of sp³-hybridized carbons (Fsp3) is 0.382. The second-order valence-corrected chi connectivity index (χ2v) is 11.5. The molecule has 2 fully saturated rings. The zero-order valence-electron chi connectivity index (χ0n) is 25.8. The first-order valence-electron chi connectivity index (χ1n) is 15.4. The smallest absolute Gasteiger partial charge is 0.272 e. The number of benzene rings is 2. The molecule has 0 radical (unpaired) electrons. The average Bonchev–Trinajstić information content (AvgIpc) is 3.06. The van der Waals surface area contributed by atoms with E-state index in [1.807, 2.05) is 62.6 Å². The summed E-state index contributed by atoms with van der Waals surface area (Å²) < 4.78 is 14.9. The van der Waals surface area contributed by atoms with E-state index in [9.17, 15) is 14.0 Å². The van der Waals surface area contributed by atoms with Gasteiger partial charge in [-0.15, -0.1) is 11.8 Å². The molecule has 1 amide bonds. The lowest BCUT2D eigenvalue weighted by atomic mass is 10.00. The van der Waals surface area contributed by atoms with Gasteiger partial charge in [-0.1, -0.05) is 40.2 Å². The number of hydrogen-bond acceptors (Lipinski definition) is 7. The number of carbonyl (C=O) groups excluding carboxylic acids is 1. The molecular weight excluding hydrogens is 575 g/mol. The number of rotatable bonds is 6. The highest BCUT2D eigenvalue weighted by molar-refractivity contribution is 8.00. The molecule has 8 nitrogen and oxygen atoms in total. The zero-order chi connectivity index (χ0) is 31.6. The molecule has 2 aliphatic rings. The summed E-state index contributed by atoms with van der Waals surface area (Å²) in [5.41, 5.74) is 1.69. The van der Waals surface area contributed by atoms with Gasteiger partial charge in [-0.25, -0.2) is 14.5 Å². The molecule has 1 aliphatic heterocycles. The first-order valence-corrected chi connectivity index (χ1v) is 16.2. The molecule has 1 N–H and O–H groups in total. The third-order valence-electron chi connectivity index (χ3n) is 7.59. The Balaban J connectivity index is 0.00000106. The van der Waals surface area contributed by atoms with Crippen molar-refractivity contribution in [3.63, 3.8) is 0 Å². The molecule has 230 valence electrons. The summed E-state index contributed by atoms with van der Waals surface area (Å²) in [5, 5.41) is 17.8. The maximum Gasteiger partial charge on any atom is 0.272 e. The van der Waals surface area contributed by atoms with Gasteiger partial charge in [0.05, 0.1) is 22.2 Å². The highest BCUT2D eigenvalue weighted by Gasteiger charge is 2.25. The van der Waals surface area contributed by atoms with Crippen molar-refractivity contribution >= 4 is 34.3 Å². The second kappa shape index (κ2) is 15.5. The summed E-state index contributed by atoms with van der Waals surface area (Å²) in [5.74, 6) is -0.178. The minimum absolute atomic E-state index is 0.0254. The molecule has 0 atom stereocenters. The van der Waals surface area contributed by atoms with E-state index in [0.717, 1.165) is 21.7 Å². The number of pyridine rings is 1. The van der Waals surface area contributed by atoms with E-state index in [-0.39, 0.29) is 17.0 Å². The monoisotopic (exact) mass is 614 g/mol. The summed E-state index contributed by atoms with van der Waals surface area (Å²) in [6, 6.07) is 16.0. The normalized spacial score (nSPS) is 14.5. The molecule has 4 aromatic rings. The number of aromatic amines is 1. The first-order chi connectivity index (χ1) is 21.5. The number of anilines is 1. The van der Waals surface area contributed by atoms with Gasteiger partial charge in [0.15, 0.2) is 0 Å². The molecule has 44 heavy (non-hydrogen) atoms. The molecule has 0 bridgehead atoms. The summed E-state index contributed by atoms with van der Waals surface area (Å²) in [6.45, 7) is 9.97. The zero-order valence-corrected chi connectivity index (χ0v) is 26.6. The van der Waals surface area contributed by atoms with Crippen LogP contribution in [0.4, 0.5) is 10.2 Å². The van der Waals surface area contributed by atoms with E-state index in [1.165, 1.54) is 31.5 Å². The van der Waals surface area contributed by atoms with Crippen LogP contribution in [-0.4, -0.2) is 57.4 Å². The van der Waals surface area contributed by atoms with Crippen LogP contribution in [0, 0.1) is 17.1 Å².